The van der Waals surface area contributed by atoms with Gasteiger partial charge in [0.1, 0.15) is 0 Å². The average Bonchev–Trinajstić information content (AvgIpc) is 0.722. The van der Waals surface area contributed by atoms with Crippen LogP contribution in [0, 0.1) is 0 Å². The van der Waals surface area contributed by atoms with Gasteiger partial charge < -0.3 is 25.6 Å². The fourth-order valence-corrected chi connectivity index (χ4v) is 0. The maximum absolute atomic E-state index is 8.88. The van der Waals surface area contributed by atoms with E-state index in [4.69, 9.17) is 19.2 Å². The Balaban J connectivity index is -0.0000000267. The molecule has 7 N–H and O–H groups in total. The van der Waals surface area contributed by atoms with Crippen LogP contribution in [0.25, 0.3) is 0 Å². The Kier molecular flexibility index (Phi) is 22.6. The van der Waals surface area contributed by atoms with Crippen LogP contribution in [-0.4, -0.2) is 25.6 Å². The summed E-state index contributed by atoms with van der Waals surface area (Å²) < 4.78 is 8.88. The molecule has 0 aliphatic heterocycles. The third-order valence-electron chi connectivity index (χ3n) is 0. The Morgan fingerprint density at radius 1 is 1.00 bits per heavy atom. The van der Waals surface area contributed by atoms with Crippen molar-refractivity contribution in [3.63, 3.8) is 0 Å². The fourth-order valence-electron chi connectivity index (χ4n) is 0. The monoisotopic (exact) mass is 182 g/mol. The third-order valence-corrected chi connectivity index (χ3v) is 0. The molecule has 0 aromatic rings. The first-order valence-electron chi connectivity index (χ1n) is 0.783. The second-order valence-electron chi connectivity index (χ2n) is 0.513. The first-order valence-corrected chi connectivity index (χ1v) is 2.35. The Bertz CT molecular complexity index is 54.7. The van der Waals surface area contributed by atoms with Crippen LogP contribution in [0.3, 0.4) is 0 Å². The second kappa shape index (κ2) is 7.74. The van der Waals surface area contributed by atoms with Crippen molar-refractivity contribution in [1.82, 2.24) is 0 Å². The molecular weight excluding hydrogens is 175 g/mol. The molecule has 0 heterocycles. The van der Waals surface area contributed by atoms with Crippen LogP contribution in [0.5, 0.6) is 0 Å². The molecule has 0 rings (SSSR count). The zero-order valence-electron chi connectivity index (χ0n) is 3.70. The van der Waals surface area contributed by atoms with E-state index in [-0.39, 0.29) is 32.7 Å². The summed E-state index contributed by atoms with van der Waals surface area (Å²) in [6.07, 6.45) is 0. The summed E-state index contributed by atoms with van der Waals surface area (Å²) in [5.41, 5.74) is 0. The van der Waals surface area contributed by atoms with Gasteiger partial charge in [0.25, 0.3) is 0 Å². The molecule has 6 nitrogen and oxygen atoms in total. The van der Waals surface area contributed by atoms with Crippen LogP contribution in [0.1, 0.15) is 0 Å². The molecule has 0 unspecified atom stereocenters. The standard InChI is InChI=1S/H3O4P.2H2O.Ti/c1-5(2,3)4;;;/h(H3,1,2,3,4);2*1H2;. The van der Waals surface area contributed by atoms with E-state index in [2.05, 4.69) is 0 Å². The molecular formula is H7O6PTi. The Labute approximate surface area is 60.3 Å². The SMILES string of the molecule is O.O.O=P(O)(O)O.[Ti]. The van der Waals surface area contributed by atoms with Crippen molar-refractivity contribution in [2.45, 2.75) is 0 Å². The minimum Gasteiger partial charge on any atom is -0.412 e. The van der Waals surface area contributed by atoms with Crippen molar-refractivity contribution in [2.75, 3.05) is 0 Å². The Morgan fingerprint density at radius 3 is 1.00 bits per heavy atom. The molecule has 0 aliphatic carbocycles. The zero-order valence-corrected chi connectivity index (χ0v) is 6.15. The van der Waals surface area contributed by atoms with Crippen LogP contribution >= 0.6 is 7.82 Å². The van der Waals surface area contributed by atoms with E-state index in [0.717, 1.165) is 0 Å². The van der Waals surface area contributed by atoms with Crippen molar-refractivity contribution in [3.05, 3.63) is 0 Å². The summed E-state index contributed by atoms with van der Waals surface area (Å²) in [5.74, 6) is 0. The maximum atomic E-state index is 8.88. The smallest absolute Gasteiger partial charge is 0.412 e. The Hall–Kier alpha value is 0.744. The van der Waals surface area contributed by atoms with Crippen LogP contribution in [-0.2, 0) is 26.3 Å². The fraction of sp³-hybridized carbons (Fsp3) is 0. The first-order chi connectivity index (χ1) is 2.00. The quantitative estimate of drug-likeness (QED) is 0.279. The molecule has 8 heavy (non-hydrogen) atoms. The van der Waals surface area contributed by atoms with Gasteiger partial charge in [-0.1, -0.05) is 0 Å². The van der Waals surface area contributed by atoms with Gasteiger partial charge in [0, 0.05) is 21.7 Å². The molecule has 0 aromatic carbocycles. The summed E-state index contributed by atoms with van der Waals surface area (Å²) in [7, 11) is -4.64. The predicted molar refractivity (Wildman–Crippen MR) is 21.5 cm³/mol. The van der Waals surface area contributed by atoms with Gasteiger partial charge in [-0.15, -0.1) is 0 Å². The summed E-state index contributed by atoms with van der Waals surface area (Å²) in [5, 5.41) is 0. The van der Waals surface area contributed by atoms with E-state index in [9.17, 15) is 0 Å². The van der Waals surface area contributed by atoms with Crippen molar-refractivity contribution in [2.24, 2.45) is 0 Å². The number of phosphoric acid groups is 1. The average molecular weight is 182 g/mol. The van der Waals surface area contributed by atoms with Gasteiger partial charge in [-0.3, -0.25) is 0 Å². The molecule has 0 amide bonds. The van der Waals surface area contributed by atoms with Gasteiger partial charge in [0.2, 0.25) is 0 Å². The molecule has 0 saturated carbocycles. The van der Waals surface area contributed by atoms with Gasteiger partial charge >= 0.3 is 7.82 Å². The molecule has 52 valence electrons. The first kappa shape index (κ1) is 23.3. The molecule has 0 aliphatic rings. The van der Waals surface area contributed by atoms with Crippen molar-refractivity contribution >= 4 is 7.82 Å². The van der Waals surface area contributed by atoms with Gasteiger partial charge in [-0.2, -0.15) is 0 Å². The topological polar surface area (TPSA) is 141 Å². The largest absolute Gasteiger partial charge is 0.466 e. The minimum absolute atomic E-state index is 0. The predicted octanol–water partition coefficient (Wildman–Crippen LogP) is -2.58. The van der Waals surface area contributed by atoms with Gasteiger partial charge in [0.05, 0.1) is 0 Å². The molecule has 0 aromatic heterocycles. The normalized spacial score (nSPS) is 7.38. The number of hydrogen-bond donors (Lipinski definition) is 3. The van der Waals surface area contributed by atoms with Crippen molar-refractivity contribution in [1.29, 1.82) is 0 Å². The molecule has 0 saturated heterocycles. The van der Waals surface area contributed by atoms with Crippen LogP contribution in [0.2, 0.25) is 0 Å². The minimum atomic E-state index is -4.64. The van der Waals surface area contributed by atoms with Gasteiger partial charge in [-0.05, 0) is 0 Å². The molecule has 0 spiro atoms. The van der Waals surface area contributed by atoms with Gasteiger partial charge in [-0.25, -0.2) is 4.57 Å². The summed E-state index contributed by atoms with van der Waals surface area (Å²) in [6, 6.07) is 0. The van der Waals surface area contributed by atoms with E-state index < -0.39 is 7.82 Å². The van der Waals surface area contributed by atoms with Crippen LogP contribution in [0.4, 0.5) is 0 Å². The van der Waals surface area contributed by atoms with Crippen molar-refractivity contribution in [3.8, 4) is 0 Å². The zero-order chi connectivity index (χ0) is 4.50. The van der Waals surface area contributed by atoms with E-state index in [1.165, 1.54) is 0 Å². The van der Waals surface area contributed by atoms with Crippen LogP contribution in [0.15, 0.2) is 0 Å². The van der Waals surface area contributed by atoms with Crippen LogP contribution < -0.4 is 0 Å². The number of rotatable bonds is 0. The van der Waals surface area contributed by atoms with E-state index >= 15 is 0 Å². The summed E-state index contributed by atoms with van der Waals surface area (Å²) in [4.78, 5) is 21.6. The molecule has 0 bridgehead atoms. The third kappa shape index (κ3) is 402. The maximum Gasteiger partial charge on any atom is 0.466 e. The summed E-state index contributed by atoms with van der Waals surface area (Å²) in [6.45, 7) is 0. The second-order valence-corrected chi connectivity index (χ2v) is 1.54. The van der Waals surface area contributed by atoms with E-state index in [0.29, 0.717) is 0 Å². The van der Waals surface area contributed by atoms with Crippen molar-refractivity contribution < 1.29 is 51.9 Å². The van der Waals surface area contributed by atoms with Gasteiger partial charge in [0.15, 0.2) is 0 Å². The Morgan fingerprint density at radius 2 is 1.00 bits per heavy atom. The number of hydrogen-bond acceptors (Lipinski definition) is 1. The molecule has 0 atom stereocenters. The summed E-state index contributed by atoms with van der Waals surface area (Å²) >= 11 is 0. The molecule has 0 fully saturated rings. The van der Waals surface area contributed by atoms with E-state index in [1.807, 2.05) is 0 Å². The van der Waals surface area contributed by atoms with E-state index in [1.54, 1.807) is 0 Å². The molecule has 0 radical (unpaired) electrons. The molecule has 8 heteroatoms.